The SMILES string of the molecule is CCNC(=NCC1(c2ccccc2F)CC1)NCC1CCCO1. The van der Waals surface area contributed by atoms with Crippen molar-refractivity contribution in [3.05, 3.63) is 35.6 Å². The summed E-state index contributed by atoms with van der Waals surface area (Å²) in [6, 6.07) is 7.08. The molecule has 1 aliphatic heterocycles. The van der Waals surface area contributed by atoms with E-state index >= 15 is 0 Å². The summed E-state index contributed by atoms with van der Waals surface area (Å²) in [5.41, 5.74) is 0.691. The van der Waals surface area contributed by atoms with Crippen LogP contribution in [0.3, 0.4) is 0 Å². The maximum Gasteiger partial charge on any atom is 0.191 e. The molecule has 1 aromatic carbocycles. The van der Waals surface area contributed by atoms with Crippen LogP contribution in [0.1, 0.15) is 38.2 Å². The zero-order valence-corrected chi connectivity index (χ0v) is 13.8. The quantitative estimate of drug-likeness (QED) is 0.626. The van der Waals surface area contributed by atoms with Crippen LogP contribution in [0.25, 0.3) is 0 Å². The number of benzene rings is 1. The van der Waals surface area contributed by atoms with Gasteiger partial charge in [0.25, 0.3) is 0 Å². The van der Waals surface area contributed by atoms with Crippen molar-refractivity contribution in [3.8, 4) is 0 Å². The fraction of sp³-hybridized carbons (Fsp3) is 0.611. The molecule has 2 fully saturated rings. The molecule has 1 saturated heterocycles. The number of hydrogen-bond acceptors (Lipinski definition) is 2. The minimum Gasteiger partial charge on any atom is -0.376 e. The van der Waals surface area contributed by atoms with Crippen LogP contribution in [0.2, 0.25) is 0 Å². The Bertz CT molecular complexity index is 551. The largest absolute Gasteiger partial charge is 0.376 e. The van der Waals surface area contributed by atoms with Gasteiger partial charge in [-0.3, -0.25) is 4.99 Å². The Labute approximate surface area is 137 Å². The first kappa shape index (κ1) is 16.2. The topological polar surface area (TPSA) is 45.7 Å². The van der Waals surface area contributed by atoms with E-state index in [1.165, 1.54) is 0 Å². The monoisotopic (exact) mass is 319 g/mol. The van der Waals surface area contributed by atoms with E-state index in [4.69, 9.17) is 9.73 Å². The molecule has 4 nitrogen and oxygen atoms in total. The summed E-state index contributed by atoms with van der Waals surface area (Å²) in [5, 5.41) is 6.61. The van der Waals surface area contributed by atoms with Crippen molar-refractivity contribution >= 4 is 5.96 Å². The van der Waals surface area contributed by atoms with Gasteiger partial charge in [0.15, 0.2) is 5.96 Å². The van der Waals surface area contributed by atoms with E-state index < -0.39 is 0 Å². The molecule has 1 aromatic rings. The van der Waals surface area contributed by atoms with E-state index in [1.54, 1.807) is 12.1 Å². The van der Waals surface area contributed by atoms with Gasteiger partial charge in [0.05, 0.1) is 12.6 Å². The van der Waals surface area contributed by atoms with Crippen molar-refractivity contribution in [3.63, 3.8) is 0 Å². The number of guanidine groups is 1. The average Bonchev–Trinajstić information content (AvgIpc) is 3.16. The third-order valence-electron chi connectivity index (χ3n) is 4.70. The molecular weight excluding hydrogens is 293 g/mol. The van der Waals surface area contributed by atoms with Gasteiger partial charge >= 0.3 is 0 Å². The standard InChI is InChI=1S/C18H26FN3O/c1-2-20-17(21-12-14-6-5-11-23-14)22-13-18(9-10-18)15-7-3-4-8-16(15)19/h3-4,7-8,14H,2,5-6,9-13H2,1H3,(H2,20,21,22). The lowest BCUT2D eigenvalue weighted by atomic mass is 9.95. The number of hydrogen-bond donors (Lipinski definition) is 2. The molecule has 0 spiro atoms. The molecule has 0 bridgehead atoms. The van der Waals surface area contributed by atoms with Crippen molar-refractivity contribution in [2.24, 2.45) is 4.99 Å². The Morgan fingerprint density at radius 1 is 1.35 bits per heavy atom. The maximum absolute atomic E-state index is 14.1. The summed E-state index contributed by atoms with van der Waals surface area (Å²) in [7, 11) is 0. The predicted octanol–water partition coefficient (Wildman–Crippen LogP) is 2.59. The van der Waals surface area contributed by atoms with Crippen molar-refractivity contribution in [2.75, 3.05) is 26.2 Å². The summed E-state index contributed by atoms with van der Waals surface area (Å²) in [4.78, 5) is 4.70. The Hall–Kier alpha value is -1.62. The maximum atomic E-state index is 14.1. The van der Waals surface area contributed by atoms with Crippen LogP contribution in [-0.4, -0.2) is 38.3 Å². The van der Waals surface area contributed by atoms with Gasteiger partial charge in [-0.1, -0.05) is 18.2 Å². The Morgan fingerprint density at radius 3 is 2.83 bits per heavy atom. The second-order valence-electron chi connectivity index (χ2n) is 6.47. The lowest BCUT2D eigenvalue weighted by Gasteiger charge is -2.17. The van der Waals surface area contributed by atoms with Crippen LogP contribution < -0.4 is 10.6 Å². The normalized spacial score (nSPS) is 22.9. The van der Waals surface area contributed by atoms with E-state index in [0.29, 0.717) is 6.54 Å². The van der Waals surface area contributed by atoms with Crippen molar-refractivity contribution in [1.82, 2.24) is 10.6 Å². The molecule has 0 aromatic heterocycles. The van der Waals surface area contributed by atoms with E-state index in [2.05, 4.69) is 10.6 Å². The molecule has 1 unspecified atom stereocenters. The predicted molar refractivity (Wildman–Crippen MR) is 90.3 cm³/mol. The highest BCUT2D eigenvalue weighted by Crippen LogP contribution is 2.49. The molecule has 1 saturated carbocycles. The minimum atomic E-state index is -0.114. The highest BCUT2D eigenvalue weighted by Gasteiger charge is 2.45. The Morgan fingerprint density at radius 2 is 2.17 bits per heavy atom. The van der Waals surface area contributed by atoms with Gasteiger partial charge in [-0.2, -0.15) is 0 Å². The van der Waals surface area contributed by atoms with Gasteiger partial charge < -0.3 is 15.4 Å². The van der Waals surface area contributed by atoms with Gasteiger partial charge in [0, 0.05) is 25.1 Å². The highest BCUT2D eigenvalue weighted by molar-refractivity contribution is 5.79. The lowest BCUT2D eigenvalue weighted by Crippen LogP contribution is -2.41. The smallest absolute Gasteiger partial charge is 0.191 e. The first-order valence-electron chi connectivity index (χ1n) is 8.62. The van der Waals surface area contributed by atoms with Crippen molar-refractivity contribution in [2.45, 2.75) is 44.1 Å². The Kier molecular flexibility index (Phi) is 5.16. The van der Waals surface area contributed by atoms with Gasteiger partial charge in [-0.15, -0.1) is 0 Å². The third-order valence-corrected chi connectivity index (χ3v) is 4.70. The highest BCUT2D eigenvalue weighted by atomic mass is 19.1. The average molecular weight is 319 g/mol. The molecule has 3 rings (SSSR count). The van der Waals surface area contributed by atoms with E-state index in [1.807, 2.05) is 19.1 Å². The van der Waals surface area contributed by atoms with Crippen LogP contribution >= 0.6 is 0 Å². The van der Waals surface area contributed by atoms with Gasteiger partial charge in [-0.05, 0) is 44.2 Å². The number of rotatable bonds is 6. The van der Waals surface area contributed by atoms with Crippen LogP contribution in [0.5, 0.6) is 0 Å². The summed E-state index contributed by atoms with van der Waals surface area (Å²) in [6.07, 6.45) is 4.52. The summed E-state index contributed by atoms with van der Waals surface area (Å²) in [6.45, 7) is 5.11. The van der Waals surface area contributed by atoms with Gasteiger partial charge in [0.2, 0.25) is 0 Å². The molecule has 23 heavy (non-hydrogen) atoms. The van der Waals surface area contributed by atoms with Crippen LogP contribution in [-0.2, 0) is 10.2 Å². The molecule has 0 radical (unpaired) electrons. The zero-order chi connectivity index (χ0) is 16.1. The summed E-state index contributed by atoms with van der Waals surface area (Å²) < 4.78 is 19.7. The third kappa shape index (κ3) is 4.02. The van der Waals surface area contributed by atoms with Crippen LogP contribution in [0.15, 0.2) is 29.3 Å². The zero-order valence-electron chi connectivity index (χ0n) is 13.8. The molecule has 1 heterocycles. The van der Waals surface area contributed by atoms with E-state index in [-0.39, 0.29) is 17.3 Å². The molecule has 126 valence electrons. The van der Waals surface area contributed by atoms with Gasteiger partial charge in [-0.25, -0.2) is 4.39 Å². The lowest BCUT2D eigenvalue weighted by molar-refractivity contribution is 0.114. The minimum absolute atomic E-state index is 0.113. The Balaban J connectivity index is 1.62. The fourth-order valence-electron chi connectivity index (χ4n) is 3.14. The first-order valence-corrected chi connectivity index (χ1v) is 8.62. The fourth-order valence-corrected chi connectivity index (χ4v) is 3.14. The number of nitrogens with zero attached hydrogens (tertiary/aromatic N) is 1. The number of halogens is 1. The van der Waals surface area contributed by atoms with Crippen molar-refractivity contribution < 1.29 is 9.13 Å². The number of ether oxygens (including phenoxy) is 1. The van der Waals surface area contributed by atoms with E-state index in [9.17, 15) is 4.39 Å². The molecule has 5 heteroatoms. The first-order chi connectivity index (χ1) is 11.2. The summed E-state index contributed by atoms with van der Waals surface area (Å²) in [5.74, 6) is 0.683. The molecule has 2 N–H and O–H groups in total. The van der Waals surface area contributed by atoms with Crippen LogP contribution in [0, 0.1) is 5.82 Å². The van der Waals surface area contributed by atoms with Crippen molar-refractivity contribution in [1.29, 1.82) is 0 Å². The molecule has 1 atom stereocenters. The second-order valence-corrected chi connectivity index (χ2v) is 6.47. The molecule has 0 amide bonds. The van der Waals surface area contributed by atoms with Crippen LogP contribution in [0.4, 0.5) is 4.39 Å². The molecule has 2 aliphatic rings. The van der Waals surface area contributed by atoms with E-state index in [0.717, 1.165) is 56.9 Å². The number of aliphatic imine (C=N–C) groups is 1. The number of nitrogens with one attached hydrogen (secondary N) is 2. The van der Waals surface area contributed by atoms with Gasteiger partial charge in [0.1, 0.15) is 5.82 Å². The summed E-state index contributed by atoms with van der Waals surface area (Å²) >= 11 is 0. The molecule has 1 aliphatic carbocycles. The molecular formula is C18H26FN3O. The second kappa shape index (κ2) is 7.30.